The van der Waals surface area contributed by atoms with Crippen molar-refractivity contribution < 1.29 is 9.47 Å². The molecule has 4 rings (SSSR count). The van der Waals surface area contributed by atoms with Crippen molar-refractivity contribution in [1.29, 1.82) is 0 Å². The van der Waals surface area contributed by atoms with E-state index in [0.29, 0.717) is 5.41 Å². The summed E-state index contributed by atoms with van der Waals surface area (Å²) in [5, 5.41) is 0. The third-order valence-corrected chi connectivity index (χ3v) is 10.1. The van der Waals surface area contributed by atoms with Gasteiger partial charge in [0, 0.05) is 26.1 Å². The normalized spacial score (nSPS) is 51.5. The Morgan fingerprint density at radius 2 is 1.60 bits per heavy atom. The topological polar surface area (TPSA) is 18.5 Å². The summed E-state index contributed by atoms with van der Waals surface area (Å²) in [6.45, 7) is 7.62. The van der Waals surface area contributed by atoms with Gasteiger partial charge in [-0.25, -0.2) is 0 Å². The summed E-state index contributed by atoms with van der Waals surface area (Å²) in [5.74, 6) is 4.04. The zero-order valence-corrected chi connectivity index (χ0v) is 17.3. The largest absolute Gasteiger partial charge is 0.353 e. The highest BCUT2D eigenvalue weighted by atomic mass is 16.7. The summed E-state index contributed by atoms with van der Waals surface area (Å²) < 4.78 is 12.4. The van der Waals surface area contributed by atoms with E-state index in [1.165, 1.54) is 57.8 Å². The Morgan fingerprint density at radius 3 is 2.28 bits per heavy atom. The number of methoxy groups -OCH3 is 2. The smallest absolute Gasteiger partial charge is 0.173 e. The second-order valence-electron chi connectivity index (χ2n) is 10.2. The van der Waals surface area contributed by atoms with Gasteiger partial charge in [0.2, 0.25) is 0 Å². The average molecular weight is 349 g/mol. The molecule has 4 aliphatic carbocycles. The molecule has 0 saturated heterocycles. The second-order valence-corrected chi connectivity index (χ2v) is 10.2. The van der Waals surface area contributed by atoms with E-state index >= 15 is 0 Å². The molecule has 7 atom stereocenters. The van der Waals surface area contributed by atoms with Crippen LogP contribution in [0.3, 0.4) is 0 Å². The lowest BCUT2D eigenvalue weighted by Gasteiger charge is -2.65. The molecule has 4 fully saturated rings. The van der Waals surface area contributed by atoms with Crippen LogP contribution in [0.2, 0.25) is 0 Å². The molecule has 144 valence electrons. The molecule has 2 nitrogen and oxygen atoms in total. The summed E-state index contributed by atoms with van der Waals surface area (Å²) in [5.41, 5.74) is 0.805. The van der Waals surface area contributed by atoms with E-state index in [4.69, 9.17) is 9.47 Å². The van der Waals surface area contributed by atoms with Gasteiger partial charge in [-0.1, -0.05) is 27.2 Å². The average Bonchev–Trinajstić information content (AvgIpc) is 2.97. The summed E-state index contributed by atoms with van der Waals surface area (Å²) in [4.78, 5) is 0. The van der Waals surface area contributed by atoms with Crippen molar-refractivity contribution in [2.45, 2.75) is 90.8 Å². The fourth-order valence-corrected chi connectivity index (χ4v) is 8.83. The number of hydrogen-bond acceptors (Lipinski definition) is 2. The highest BCUT2D eigenvalue weighted by molar-refractivity contribution is 5.12. The van der Waals surface area contributed by atoms with Gasteiger partial charge in [0.05, 0.1) is 0 Å². The zero-order valence-electron chi connectivity index (χ0n) is 17.3. The van der Waals surface area contributed by atoms with Crippen molar-refractivity contribution in [2.24, 2.45) is 40.4 Å². The Kier molecular flexibility index (Phi) is 4.56. The minimum atomic E-state index is -0.351. The number of fused-ring (bicyclic) bond motifs is 5. The molecule has 0 aromatic rings. The Bertz CT molecular complexity index is 498. The lowest BCUT2D eigenvalue weighted by Crippen LogP contribution is -2.64. The predicted molar refractivity (Wildman–Crippen MR) is 102 cm³/mol. The van der Waals surface area contributed by atoms with E-state index in [-0.39, 0.29) is 11.2 Å². The third-order valence-electron chi connectivity index (χ3n) is 10.1. The fraction of sp³-hybridized carbons (Fsp3) is 1.00. The van der Waals surface area contributed by atoms with Gasteiger partial charge in [-0.3, -0.25) is 0 Å². The molecule has 0 amide bonds. The fourth-order valence-electron chi connectivity index (χ4n) is 8.83. The highest BCUT2D eigenvalue weighted by Gasteiger charge is 2.66. The highest BCUT2D eigenvalue weighted by Crippen LogP contribution is 2.69. The van der Waals surface area contributed by atoms with Crippen molar-refractivity contribution >= 4 is 0 Å². The lowest BCUT2D eigenvalue weighted by atomic mass is 9.43. The van der Waals surface area contributed by atoms with E-state index in [2.05, 4.69) is 20.8 Å². The first kappa shape index (κ1) is 18.3. The molecular formula is C23H40O2. The van der Waals surface area contributed by atoms with Crippen LogP contribution in [0, 0.1) is 40.4 Å². The molecule has 0 aromatic carbocycles. The van der Waals surface area contributed by atoms with E-state index in [9.17, 15) is 0 Å². The first-order chi connectivity index (χ1) is 12.0. The van der Waals surface area contributed by atoms with Gasteiger partial charge in [0.15, 0.2) is 5.79 Å². The van der Waals surface area contributed by atoms with Gasteiger partial charge < -0.3 is 9.47 Å². The molecule has 0 radical (unpaired) electrons. The van der Waals surface area contributed by atoms with Crippen LogP contribution in [-0.4, -0.2) is 20.0 Å². The molecule has 0 bridgehead atoms. The molecule has 25 heavy (non-hydrogen) atoms. The van der Waals surface area contributed by atoms with Crippen LogP contribution in [0.4, 0.5) is 0 Å². The zero-order chi connectivity index (χ0) is 17.9. The first-order valence-corrected chi connectivity index (χ1v) is 11.1. The summed E-state index contributed by atoms with van der Waals surface area (Å²) >= 11 is 0. The molecule has 2 heteroatoms. The van der Waals surface area contributed by atoms with E-state index < -0.39 is 0 Å². The molecule has 0 N–H and O–H groups in total. The Hall–Kier alpha value is -0.0800. The van der Waals surface area contributed by atoms with Crippen LogP contribution in [0.5, 0.6) is 0 Å². The molecule has 4 saturated carbocycles. The van der Waals surface area contributed by atoms with Crippen LogP contribution in [0.25, 0.3) is 0 Å². The van der Waals surface area contributed by atoms with E-state index in [1.807, 2.05) is 14.2 Å². The van der Waals surface area contributed by atoms with Crippen molar-refractivity contribution in [3.8, 4) is 0 Å². The van der Waals surface area contributed by atoms with E-state index in [1.54, 1.807) is 0 Å². The minimum absolute atomic E-state index is 0.198. The van der Waals surface area contributed by atoms with Crippen molar-refractivity contribution in [3.63, 3.8) is 0 Å². The minimum Gasteiger partial charge on any atom is -0.353 e. The van der Waals surface area contributed by atoms with Gasteiger partial charge in [-0.15, -0.1) is 0 Å². The van der Waals surface area contributed by atoms with Crippen LogP contribution >= 0.6 is 0 Å². The SMILES string of the molecule is CC[C@H]1CC[C@H]2[C@@H]3CC[C@H]4CCCC(OC)(OC)[C@]4(C)[C@H]3CC[C@]12C. The maximum atomic E-state index is 6.21. The van der Waals surface area contributed by atoms with Crippen molar-refractivity contribution in [1.82, 2.24) is 0 Å². The van der Waals surface area contributed by atoms with Crippen LogP contribution in [-0.2, 0) is 9.47 Å². The summed E-state index contributed by atoms with van der Waals surface area (Å²) in [6.07, 6.45) is 13.7. The third kappa shape index (κ3) is 2.22. The maximum Gasteiger partial charge on any atom is 0.173 e. The number of ether oxygens (including phenoxy) is 2. The van der Waals surface area contributed by atoms with Gasteiger partial charge in [-0.05, 0) is 86.4 Å². The molecular weight excluding hydrogens is 308 g/mol. The van der Waals surface area contributed by atoms with Gasteiger partial charge in [-0.2, -0.15) is 0 Å². The molecule has 0 spiro atoms. The van der Waals surface area contributed by atoms with Gasteiger partial charge >= 0.3 is 0 Å². The Labute approximate surface area is 155 Å². The van der Waals surface area contributed by atoms with Crippen molar-refractivity contribution in [2.75, 3.05) is 14.2 Å². The number of hydrogen-bond donors (Lipinski definition) is 0. The van der Waals surface area contributed by atoms with E-state index in [0.717, 1.165) is 36.0 Å². The Balaban J connectivity index is 1.71. The summed E-state index contributed by atoms with van der Waals surface area (Å²) in [7, 11) is 3.80. The van der Waals surface area contributed by atoms with Crippen molar-refractivity contribution in [3.05, 3.63) is 0 Å². The van der Waals surface area contributed by atoms with Gasteiger partial charge in [0.25, 0.3) is 0 Å². The summed E-state index contributed by atoms with van der Waals surface area (Å²) in [6, 6.07) is 0. The molecule has 0 heterocycles. The standard InChI is InChI=1S/C23H40O2/c1-6-16-10-12-19-18-11-9-17-8-7-14-23(24-4,25-5)22(17,3)20(18)13-15-21(16,19)2/h16-20H,6-15H2,1-5H3/t16-,17+,18-,19-,20-,21+,22-/m0/s1. The quantitative estimate of drug-likeness (QED) is 0.578. The molecule has 0 aromatic heterocycles. The Morgan fingerprint density at radius 1 is 0.840 bits per heavy atom. The first-order valence-electron chi connectivity index (χ1n) is 11.1. The number of rotatable bonds is 3. The van der Waals surface area contributed by atoms with Crippen LogP contribution < -0.4 is 0 Å². The molecule has 4 aliphatic rings. The molecule has 0 unspecified atom stereocenters. The van der Waals surface area contributed by atoms with Gasteiger partial charge in [0.1, 0.15) is 0 Å². The monoisotopic (exact) mass is 348 g/mol. The van der Waals surface area contributed by atoms with Crippen LogP contribution in [0.15, 0.2) is 0 Å². The predicted octanol–water partition coefficient (Wildman–Crippen LogP) is 6.04. The van der Waals surface area contributed by atoms with Crippen LogP contribution in [0.1, 0.15) is 85.0 Å². The maximum absolute atomic E-state index is 6.21. The second kappa shape index (κ2) is 6.23. The lowest BCUT2D eigenvalue weighted by molar-refractivity contribution is -0.335. The molecule has 0 aliphatic heterocycles.